The van der Waals surface area contributed by atoms with Crippen LogP contribution in [0.15, 0.2) is 18.2 Å². The Bertz CT molecular complexity index is 629. The van der Waals surface area contributed by atoms with Gasteiger partial charge in [0.2, 0.25) is 5.75 Å². The molecule has 0 aliphatic heterocycles. The number of aromatic nitrogens is 1. The molecule has 0 saturated heterocycles. The standard InChI is InChI=1S/C11H9ClN2O4S/c1-6-2-3-8(7(4-6)14(16)17)18-11-13-10(12)9(5-15)19-11/h2-4,15H,5H2,1H3. The van der Waals surface area contributed by atoms with Crippen molar-refractivity contribution in [3.63, 3.8) is 0 Å². The molecule has 0 bridgehead atoms. The van der Waals surface area contributed by atoms with E-state index in [1.54, 1.807) is 13.0 Å². The van der Waals surface area contributed by atoms with E-state index in [2.05, 4.69) is 4.98 Å². The zero-order chi connectivity index (χ0) is 14.0. The van der Waals surface area contributed by atoms with Gasteiger partial charge in [0.25, 0.3) is 5.19 Å². The Morgan fingerprint density at radius 1 is 1.58 bits per heavy atom. The van der Waals surface area contributed by atoms with Gasteiger partial charge >= 0.3 is 5.69 Å². The van der Waals surface area contributed by atoms with E-state index >= 15 is 0 Å². The summed E-state index contributed by atoms with van der Waals surface area (Å²) < 4.78 is 5.36. The largest absolute Gasteiger partial charge is 0.423 e. The summed E-state index contributed by atoms with van der Waals surface area (Å²) in [6.07, 6.45) is 0. The highest BCUT2D eigenvalue weighted by Crippen LogP contribution is 2.36. The third kappa shape index (κ3) is 3.01. The average molecular weight is 301 g/mol. The van der Waals surface area contributed by atoms with Gasteiger partial charge in [0.1, 0.15) is 5.15 Å². The van der Waals surface area contributed by atoms with Crippen molar-refractivity contribution in [3.8, 4) is 10.9 Å². The minimum Gasteiger partial charge on any atom is -0.423 e. The summed E-state index contributed by atoms with van der Waals surface area (Å²) in [6.45, 7) is 1.50. The topological polar surface area (TPSA) is 85.5 Å². The van der Waals surface area contributed by atoms with E-state index in [0.717, 1.165) is 16.9 Å². The normalized spacial score (nSPS) is 10.5. The SMILES string of the molecule is Cc1ccc(Oc2nc(Cl)c(CO)s2)c([N+](=O)[O-])c1. The van der Waals surface area contributed by atoms with Crippen LogP contribution in [0.2, 0.25) is 5.15 Å². The molecular weight excluding hydrogens is 292 g/mol. The van der Waals surface area contributed by atoms with Crippen LogP contribution in [-0.2, 0) is 6.61 Å². The number of benzene rings is 1. The van der Waals surface area contributed by atoms with Crippen LogP contribution in [0.3, 0.4) is 0 Å². The van der Waals surface area contributed by atoms with Crippen LogP contribution in [0, 0.1) is 17.0 Å². The number of nitro groups is 1. The van der Waals surface area contributed by atoms with Crippen molar-refractivity contribution >= 4 is 28.6 Å². The molecule has 0 aliphatic rings. The van der Waals surface area contributed by atoms with E-state index in [9.17, 15) is 10.1 Å². The first-order valence-electron chi connectivity index (χ1n) is 5.20. The fourth-order valence-corrected chi connectivity index (χ4v) is 2.38. The van der Waals surface area contributed by atoms with Gasteiger partial charge in [-0.15, -0.1) is 0 Å². The first kappa shape index (κ1) is 13.7. The number of nitro benzene ring substituents is 1. The average Bonchev–Trinajstić information content (AvgIpc) is 2.71. The van der Waals surface area contributed by atoms with Crippen LogP contribution in [0.5, 0.6) is 10.9 Å². The summed E-state index contributed by atoms with van der Waals surface area (Å²) in [6, 6.07) is 4.61. The predicted molar refractivity (Wildman–Crippen MR) is 71.0 cm³/mol. The molecule has 1 heterocycles. The molecule has 0 amide bonds. The van der Waals surface area contributed by atoms with Gasteiger partial charge < -0.3 is 9.84 Å². The Kier molecular flexibility index (Phi) is 3.98. The lowest BCUT2D eigenvalue weighted by Crippen LogP contribution is -1.93. The lowest BCUT2D eigenvalue weighted by atomic mass is 10.2. The van der Waals surface area contributed by atoms with E-state index in [0.29, 0.717) is 4.88 Å². The second-order valence-electron chi connectivity index (χ2n) is 3.68. The number of thiazole rings is 1. The highest BCUT2D eigenvalue weighted by atomic mass is 35.5. The number of rotatable bonds is 4. The van der Waals surface area contributed by atoms with Crippen molar-refractivity contribution in [2.24, 2.45) is 0 Å². The maximum atomic E-state index is 10.9. The number of nitrogens with zero attached hydrogens (tertiary/aromatic N) is 2. The number of halogens is 1. The Morgan fingerprint density at radius 3 is 2.89 bits per heavy atom. The molecule has 2 aromatic rings. The molecule has 8 heteroatoms. The second kappa shape index (κ2) is 5.52. The van der Waals surface area contributed by atoms with Gasteiger partial charge in [-0.3, -0.25) is 10.1 Å². The Balaban J connectivity index is 2.34. The van der Waals surface area contributed by atoms with Crippen LogP contribution < -0.4 is 4.74 Å². The summed E-state index contributed by atoms with van der Waals surface area (Å²) >= 11 is 6.81. The van der Waals surface area contributed by atoms with Crippen LogP contribution in [0.25, 0.3) is 0 Å². The third-order valence-electron chi connectivity index (χ3n) is 2.28. The first-order chi connectivity index (χ1) is 9.01. The minimum absolute atomic E-state index is 0.0884. The summed E-state index contributed by atoms with van der Waals surface area (Å²) in [4.78, 5) is 14.7. The number of aryl methyl sites for hydroxylation is 1. The first-order valence-corrected chi connectivity index (χ1v) is 6.39. The lowest BCUT2D eigenvalue weighted by molar-refractivity contribution is -0.385. The fraction of sp³-hybridized carbons (Fsp3) is 0.182. The van der Waals surface area contributed by atoms with Gasteiger partial charge in [0.15, 0.2) is 0 Å². The van der Waals surface area contributed by atoms with E-state index in [-0.39, 0.29) is 28.4 Å². The molecule has 100 valence electrons. The maximum Gasteiger partial charge on any atom is 0.311 e. The van der Waals surface area contributed by atoms with Gasteiger partial charge in [-0.05, 0) is 18.6 Å². The van der Waals surface area contributed by atoms with Crippen LogP contribution >= 0.6 is 22.9 Å². The van der Waals surface area contributed by atoms with Crippen molar-refractivity contribution in [1.82, 2.24) is 4.98 Å². The third-order valence-corrected chi connectivity index (χ3v) is 3.62. The Hall–Kier alpha value is -1.70. The fourth-order valence-electron chi connectivity index (χ4n) is 1.40. The molecule has 1 aromatic carbocycles. The molecule has 0 aliphatic carbocycles. The van der Waals surface area contributed by atoms with E-state index in [1.807, 2.05) is 0 Å². The van der Waals surface area contributed by atoms with Gasteiger partial charge in [-0.25, -0.2) is 0 Å². The van der Waals surface area contributed by atoms with Crippen molar-refractivity contribution in [2.45, 2.75) is 13.5 Å². The van der Waals surface area contributed by atoms with Crippen molar-refractivity contribution in [3.05, 3.63) is 43.9 Å². The second-order valence-corrected chi connectivity index (χ2v) is 5.09. The number of aliphatic hydroxyl groups is 1. The van der Waals surface area contributed by atoms with Gasteiger partial charge in [-0.1, -0.05) is 29.0 Å². The molecule has 0 radical (unpaired) electrons. The van der Waals surface area contributed by atoms with Crippen molar-refractivity contribution in [2.75, 3.05) is 0 Å². The molecule has 0 atom stereocenters. The van der Waals surface area contributed by atoms with Crippen LogP contribution in [-0.4, -0.2) is 15.0 Å². The summed E-state index contributed by atoms with van der Waals surface area (Å²) in [5.41, 5.74) is 0.615. The zero-order valence-corrected chi connectivity index (χ0v) is 11.4. The van der Waals surface area contributed by atoms with Crippen LogP contribution in [0.4, 0.5) is 5.69 Å². The molecule has 2 rings (SSSR count). The summed E-state index contributed by atoms with van der Waals surface area (Å²) in [5.74, 6) is 0.0884. The highest BCUT2D eigenvalue weighted by molar-refractivity contribution is 7.13. The Labute approximate surface area is 117 Å². The molecule has 19 heavy (non-hydrogen) atoms. The van der Waals surface area contributed by atoms with E-state index in [4.69, 9.17) is 21.4 Å². The van der Waals surface area contributed by atoms with Gasteiger partial charge in [0.05, 0.1) is 16.4 Å². The zero-order valence-electron chi connectivity index (χ0n) is 9.79. The molecule has 1 N–H and O–H groups in total. The summed E-state index contributed by atoms with van der Waals surface area (Å²) in [5, 5.41) is 20.2. The van der Waals surface area contributed by atoms with Gasteiger partial charge in [-0.2, -0.15) is 4.98 Å². The number of aliphatic hydroxyl groups excluding tert-OH is 1. The molecule has 0 saturated carbocycles. The molecule has 6 nitrogen and oxygen atoms in total. The Morgan fingerprint density at radius 2 is 2.32 bits per heavy atom. The number of hydrogen-bond acceptors (Lipinski definition) is 6. The minimum atomic E-state index is -0.523. The molecule has 0 unspecified atom stereocenters. The monoisotopic (exact) mass is 300 g/mol. The van der Waals surface area contributed by atoms with Crippen LogP contribution in [0.1, 0.15) is 10.4 Å². The molecular formula is C11H9ClN2O4S. The smallest absolute Gasteiger partial charge is 0.311 e. The molecule has 0 spiro atoms. The predicted octanol–water partition coefficient (Wildman–Crippen LogP) is 3.30. The van der Waals surface area contributed by atoms with Crippen molar-refractivity contribution in [1.29, 1.82) is 0 Å². The van der Waals surface area contributed by atoms with E-state index < -0.39 is 4.92 Å². The highest BCUT2D eigenvalue weighted by Gasteiger charge is 2.18. The number of hydrogen-bond donors (Lipinski definition) is 1. The number of ether oxygens (including phenoxy) is 1. The van der Waals surface area contributed by atoms with Crippen molar-refractivity contribution < 1.29 is 14.8 Å². The molecule has 0 fully saturated rings. The maximum absolute atomic E-state index is 10.9. The lowest BCUT2D eigenvalue weighted by Gasteiger charge is -2.03. The molecule has 1 aromatic heterocycles. The van der Waals surface area contributed by atoms with E-state index in [1.165, 1.54) is 12.1 Å². The summed E-state index contributed by atoms with van der Waals surface area (Å²) in [7, 11) is 0. The quantitative estimate of drug-likeness (QED) is 0.691. The van der Waals surface area contributed by atoms with Gasteiger partial charge in [0, 0.05) is 6.07 Å².